The molecule has 0 heterocycles. The minimum atomic E-state index is -0.319. The molecule has 3 nitrogen and oxygen atoms in total. The van der Waals surface area contributed by atoms with Crippen LogP contribution < -0.4 is 0 Å². The zero-order valence-electron chi connectivity index (χ0n) is 8.79. The first-order valence-corrected chi connectivity index (χ1v) is 4.43. The molecule has 0 spiro atoms. The summed E-state index contributed by atoms with van der Waals surface area (Å²) in [5.41, 5.74) is -0.168. The summed E-state index contributed by atoms with van der Waals surface area (Å²) in [6.45, 7) is 8.50. The number of esters is 1. The minimum absolute atomic E-state index is 0.168. The van der Waals surface area contributed by atoms with Crippen LogP contribution in [-0.4, -0.2) is 24.8 Å². The van der Waals surface area contributed by atoms with E-state index in [0.717, 1.165) is 0 Å². The van der Waals surface area contributed by atoms with Crippen molar-refractivity contribution in [2.75, 3.05) is 13.2 Å². The third-order valence-corrected chi connectivity index (χ3v) is 1.15. The number of carbonyl (C=O) groups is 1. The average molecular weight is 186 g/mol. The van der Waals surface area contributed by atoms with Gasteiger partial charge < -0.3 is 9.47 Å². The average Bonchev–Trinajstić information content (AvgIpc) is 1.97. The summed E-state index contributed by atoms with van der Waals surface area (Å²) in [7, 11) is 0. The lowest BCUT2D eigenvalue weighted by Gasteiger charge is -2.17. The van der Waals surface area contributed by atoms with Gasteiger partial charge in [-0.2, -0.15) is 0 Å². The van der Waals surface area contributed by atoms with Crippen LogP contribution in [-0.2, 0) is 14.3 Å². The summed E-state index contributed by atoms with van der Waals surface area (Å²) >= 11 is 0. The summed E-state index contributed by atoms with van der Waals surface area (Å²) in [6.07, 6.45) is 3.04. The molecule has 0 bridgehead atoms. The highest BCUT2D eigenvalue weighted by atomic mass is 16.5. The summed E-state index contributed by atoms with van der Waals surface area (Å²) in [5.74, 6) is -0.319. The third-order valence-electron chi connectivity index (χ3n) is 1.15. The maximum absolute atomic E-state index is 10.8. The number of ether oxygens (including phenoxy) is 2. The summed E-state index contributed by atoms with van der Waals surface area (Å²) in [6, 6.07) is 0. The molecule has 0 aliphatic carbocycles. The molecule has 0 N–H and O–H groups in total. The van der Waals surface area contributed by atoms with Crippen LogP contribution in [0, 0.1) is 0 Å². The van der Waals surface area contributed by atoms with Crippen LogP contribution in [0.5, 0.6) is 0 Å². The Hall–Kier alpha value is -0.830. The van der Waals surface area contributed by atoms with Crippen molar-refractivity contribution >= 4 is 5.97 Å². The molecular weight excluding hydrogens is 168 g/mol. The standard InChI is InChI=1S/C10H18O3/c1-5-12-9(11)7-6-8-13-10(2,3)4/h6-7H,5,8H2,1-4H3/b7-6+. The van der Waals surface area contributed by atoms with Crippen molar-refractivity contribution in [3.63, 3.8) is 0 Å². The zero-order valence-corrected chi connectivity index (χ0v) is 8.79. The quantitative estimate of drug-likeness (QED) is 0.497. The molecule has 0 saturated carbocycles. The Kier molecular flexibility index (Phi) is 5.39. The molecule has 0 aromatic rings. The van der Waals surface area contributed by atoms with E-state index < -0.39 is 0 Å². The zero-order chi connectivity index (χ0) is 10.3. The Morgan fingerprint density at radius 1 is 1.38 bits per heavy atom. The molecule has 13 heavy (non-hydrogen) atoms. The Morgan fingerprint density at radius 2 is 2.00 bits per heavy atom. The van der Waals surface area contributed by atoms with Gasteiger partial charge in [-0.05, 0) is 27.7 Å². The Balaban J connectivity index is 3.58. The van der Waals surface area contributed by atoms with Crippen LogP contribution in [0.3, 0.4) is 0 Å². The maximum Gasteiger partial charge on any atom is 0.330 e. The predicted octanol–water partition coefficient (Wildman–Crippen LogP) is 1.92. The molecule has 0 rings (SSSR count). The first kappa shape index (κ1) is 12.2. The van der Waals surface area contributed by atoms with Crippen molar-refractivity contribution in [2.24, 2.45) is 0 Å². The number of hydrogen-bond donors (Lipinski definition) is 0. The van der Waals surface area contributed by atoms with E-state index in [1.54, 1.807) is 13.0 Å². The van der Waals surface area contributed by atoms with E-state index in [1.807, 2.05) is 20.8 Å². The van der Waals surface area contributed by atoms with Crippen LogP contribution in [0.25, 0.3) is 0 Å². The lowest BCUT2D eigenvalue weighted by Crippen LogP contribution is -2.19. The summed E-state index contributed by atoms with van der Waals surface area (Å²) in [4.78, 5) is 10.8. The highest BCUT2D eigenvalue weighted by Gasteiger charge is 2.07. The molecule has 0 unspecified atom stereocenters. The van der Waals surface area contributed by atoms with Gasteiger partial charge in [0, 0.05) is 6.08 Å². The fourth-order valence-electron chi connectivity index (χ4n) is 0.633. The molecule has 0 aromatic carbocycles. The molecule has 0 amide bonds. The highest BCUT2D eigenvalue weighted by molar-refractivity contribution is 5.81. The first-order valence-electron chi connectivity index (χ1n) is 4.43. The molecule has 0 aliphatic heterocycles. The van der Waals surface area contributed by atoms with Crippen molar-refractivity contribution in [1.82, 2.24) is 0 Å². The topological polar surface area (TPSA) is 35.5 Å². The van der Waals surface area contributed by atoms with Crippen LogP contribution in [0.2, 0.25) is 0 Å². The Labute approximate surface area is 79.7 Å². The van der Waals surface area contributed by atoms with Gasteiger partial charge in [0.2, 0.25) is 0 Å². The second-order valence-corrected chi connectivity index (χ2v) is 3.58. The second kappa shape index (κ2) is 5.75. The second-order valence-electron chi connectivity index (χ2n) is 3.58. The normalized spacial score (nSPS) is 12.0. The molecule has 3 heteroatoms. The predicted molar refractivity (Wildman–Crippen MR) is 51.5 cm³/mol. The van der Waals surface area contributed by atoms with E-state index in [4.69, 9.17) is 9.47 Å². The maximum atomic E-state index is 10.8. The summed E-state index contributed by atoms with van der Waals surface area (Å²) < 4.78 is 10.1. The molecule has 0 saturated heterocycles. The summed E-state index contributed by atoms with van der Waals surface area (Å²) in [5, 5.41) is 0. The lowest BCUT2D eigenvalue weighted by molar-refractivity contribution is -0.137. The van der Waals surface area contributed by atoms with Gasteiger partial charge >= 0.3 is 5.97 Å². The van der Waals surface area contributed by atoms with Gasteiger partial charge in [-0.25, -0.2) is 4.79 Å². The molecule has 76 valence electrons. The monoisotopic (exact) mass is 186 g/mol. The van der Waals surface area contributed by atoms with E-state index in [0.29, 0.717) is 13.2 Å². The largest absolute Gasteiger partial charge is 0.463 e. The van der Waals surface area contributed by atoms with Crippen molar-refractivity contribution in [1.29, 1.82) is 0 Å². The van der Waals surface area contributed by atoms with Gasteiger partial charge in [-0.3, -0.25) is 0 Å². The van der Waals surface area contributed by atoms with E-state index >= 15 is 0 Å². The number of rotatable bonds is 4. The van der Waals surface area contributed by atoms with Crippen molar-refractivity contribution < 1.29 is 14.3 Å². The van der Waals surface area contributed by atoms with Crippen molar-refractivity contribution in [2.45, 2.75) is 33.3 Å². The number of hydrogen-bond acceptors (Lipinski definition) is 3. The van der Waals surface area contributed by atoms with Gasteiger partial charge in [-0.1, -0.05) is 6.08 Å². The van der Waals surface area contributed by atoms with Crippen molar-refractivity contribution in [3.8, 4) is 0 Å². The van der Waals surface area contributed by atoms with Crippen LogP contribution >= 0.6 is 0 Å². The Morgan fingerprint density at radius 3 is 2.46 bits per heavy atom. The van der Waals surface area contributed by atoms with E-state index in [-0.39, 0.29) is 11.6 Å². The molecular formula is C10H18O3. The first-order chi connectivity index (χ1) is 5.95. The van der Waals surface area contributed by atoms with Gasteiger partial charge in [-0.15, -0.1) is 0 Å². The Bertz CT molecular complexity index is 177. The number of carbonyl (C=O) groups excluding carboxylic acids is 1. The van der Waals surface area contributed by atoms with Gasteiger partial charge in [0.1, 0.15) is 0 Å². The lowest BCUT2D eigenvalue weighted by atomic mass is 10.2. The van der Waals surface area contributed by atoms with E-state index in [9.17, 15) is 4.79 Å². The molecule has 0 radical (unpaired) electrons. The highest BCUT2D eigenvalue weighted by Crippen LogP contribution is 2.05. The fourth-order valence-corrected chi connectivity index (χ4v) is 0.633. The van der Waals surface area contributed by atoms with E-state index in [1.165, 1.54) is 6.08 Å². The van der Waals surface area contributed by atoms with Crippen molar-refractivity contribution in [3.05, 3.63) is 12.2 Å². The van der Waals surface area contributed by atoms with Crippen LogP contribution in [0.1, 0.15) is 27.7 Å². The van der Waals surface area contributed by atoms with Gasteiger partial charge in [0.25, 0.3) is 0 Å². The molecule has 0 atom stereocenters. The molecule has 0 fully saturated rings. The minimum Gasteiger partial charge on any atom is -0.463 e. The van der Waals surface area contributed by atoms with Crippen LogP contribution in [0.4, 0.5) is 0 Å². The molecule has 0 aliphatic rings. The SMILES string of the molecule is CCOC(=O)/C=C/COC(C)(C)C. The third kappa shape index (κ3) is 9.08. The van der Waals surface area contributed by atoms with Gasteiger partial charge in [0.15, 0.2) is 0 Å². The fraction of sp³-hybridized carbons (Fsp3) is 0.700. The van der Waals surface area contributed by atoms with Gasteiger partial charge in [0.05, 0.1) is 18.8 Å². The van der Waals surface area contributed by atoms with E-state index in [2.05, 4.69) is 0 Å². The van der Waals surface area contributed by atoms with Crippen LogP contribution in [0.15, 0.2) is 12.2 Å². The smallest absolute Gasteiger partial charge is 0.330 e. The molecule has 0 aromatic heterocycles.